The van der Waals surface area contributed by atoms with Gasteiger partial charge in [-0.3, -0.25) is 14.4 Å². The third-order valence-corrected chi connectivity index (χ3v) is 8.62. The fourth-order valence-corrected chi connectivity index (χ4v) is 7.01. The van der Waals surface area contributed by atoms with Crippen LogP contribution >= 0.6 is 11.6 Å². The van der Waals surface area contributed by atoms with Crippen molar-refractivity contribution in [3.05, 3.63) is 142 Å². The van der Waals surface area contributed by atoms with Crippen molar-refractivity contribution in [2.24, 2.45) is 5.41 Å². The first kappa shape index (κ1) is 22.9. The molecular weight excluding hydrogens is 494 g/mol. The van der Waals surface area contributed by atoms with Crippen LogP contribution in [-0.2, 0) is 0 Å². The molecule has 4 aromatic rings. The van der Waals surface area contributed by atoms with Crippen molar-refractivity contribution < 1.29 is 14.4 Å². The zero-order valence-corrected chi connectivity index (χ0v) is 21.0. The lowest BCUT2D eigenvalue weighted by molar-refractivity contribution is 0.0666. The molecule has 184 valence electrons. The van der Waals surface area contributed by atoms with Crippen molar-refractivity contribution in [2.45, 2.75) is 18.0 Å². The number of hydrogen-bond acceptors (Lipinski definition) is 4. The lowest BCUT2D eigenvalue weighted by Crippen LogP contribution is -2.48. The number of halogens is 1. The molecule has 38 heavy (non-hydrogen) atoms. The second kappa shape index (κ2) is 8.37. The zero-order valence-electron chi connectivity index (χ0n) is 20.3. The van der Waals surface area contributed by atoms with Crippen molar-refractivity contribution in [2.75, 3.05) is 4.90 Å². The molecule has 1 spiro atoms. The Labute approximate surface area is 225 Å². The van der Waals surface area contributed by atoms with Crippen LogP contribution in [0.3, 0.4) is 0 Å². The van der Waals surface area contributed by atoms with Gasteiger partial charge in [0.15, 0.2) is 17.3 Å². The molecule has 3 atom stereocenters. The van der Waals surface area contributed by atoms with E-state index in [0.717, 1.165) is 11.3 Å². The van der Waals surface area contributed by atoms with Gasteiger partial charge in [0.2, 0.25) is 0 Å². The molecule has 0 radical (unpaired) electrons. The molecule has 0 aromatic heterocycles. The first-order chi connectivity index (χ1) is 18.5. The Balaban J connectivity index is 1.57. The van der Waals surface area contributed by atoms with E-state index in [2.05, 4.69) is 0 Å². The highest BCUT2D eigenvalue weighted by Crippen LogP contribution is 2.61. The number of rotatable bonds is 3. The Morgan fingerprint density at radius 3 is 2.05 bits per heavy atom. The van der Waals surface area contributed by atoms with Crippen molar-refractivity contribution in [3.63, 3.8) is 0 Å². The molecule has 0 amide bonds. The molecular formula is C33H22ClNO3. The number of anilines is 1. The van der Waals surface area contributed by atoms with Gasteiger partial charge in [0, 0.05) is 33.3 Å². The largest absolute Gasteiger partial charge is 0.352 e. The van der Waals surface area contributed by atoms with E-state index in [1.807, 2.05) is 77.7 Å². The first-order valence-corrected chi connectivity index (χ1v) is 13.0. The van der Waals surface area contributed by atoms with E-state index in [0.29, 0.717) is 27.3 Å². The van der Waals surface area contributed by atoms with E-state index in [1.165, 1.54) is 0 Å². The average Bonchev–Trinajstić information content (AvgIpc) is 3.39. The van der Waals surface area contributed by atoms with Gasteiger partial charge in [-0.25, -0.2) is 0 Å². The number of fused-ring (bicyclic) bond motifs is 5. The van der Waals surface area contributed by atoms with Crippen LogP contribution in [0, 0.1) is 5.41 Å². The third kappa shape index (κ3) is 2.89. The molecule has 1 fully saturated rings. The van der Waals surface area contributed by atoms with Crippen LogP contribution in [0.2, 0.25) is 5.02 Å². The topological polar surface area (TPSA) is 54.5 Å². The van der Waals surface area contributed by atoms with Crippen LogP contribution < -0.4 is 4.90 Å². The van der Waals surface area contributed by atoms with Gasteiger partial charge in [-0.2, -0.15) is 0 Å². The number of carbonyl (C=O) groups excluding carboxylic acids is 3. The quantitative estimate of drug-likeness (QED) is 0.226. The third-order valence-electron chi connectivity index (χ3n) is 8.28. The molecule has 4 aromatic carbocycles. The predicted molar refractivity (Wildman–Crippen MR) is 148 cm³/mol. The Bertz CT molecular complexity index is 1640. The van der Waals surface area contributed by atoms with Crippen LogP contribution in [0.1, 0.15) is 48.1 Å². The summed E-state index contributed by atoms with van der Waals surface area (Å²) in [6.45, 7) is 0. The smallest absolute Gasteiger partial charge is 0.185 e. The van der Waals surface area contributed by atoms with E-state index in [4.69, 9.17) is 11.6 Å². The number of hydrogen-bond donors (Lipinski definition) is 0. The van der Waals surface area contributed by atoms with E-state index in [1.54, 1.807) is 42.5 Å². The Kier molecular flexibility index (Phi) is 5.04. The van der Waals surface area contributed by atoms with Gasteiger partial charge in [0.05, 0.1) is 6.04 Å². The van der Waals surface area contributed by atoms with Crippen molar-refractivity contribution in [3.8, 4) is 0 Å². The van der Waals surface area contributed by atoms with Gasteiger partial charge in [-0.15, -0.1) is 0 Å². The predicted octanol–water partition coefficient (Wildman–Crippen LogP) is 6.66. The van der Waals surface area contributed by atoms with Crippen molar-refractivity contribution >= 4 is 40.7 Å². The summed E-state index contributed by atoms with van der Waals surface area (Å²) in [5, 5.41) is 0.427. The lowest BCUT2D eigenvalue weighted by atomic mass is 9.64. The van der Waals surface area contributed by atoms with Crippen LogP contribution in [0.25, 0.3) is 6.08 Å². The highest BCUT2D eigenvalue weighted by atomic mass is 35.5. The van der Waals surface area contributed by atoms with Gasteiger partial charge in [-0.05, 0) is 23.3 Å². The fourth-order valence-electron chi connectivity index (χ4n) is 6.76. The summed E-state index contributed by atoms with van der Waals surface area (Å²) in [4.78, 5) is 45.6. The summed E-state index contributed by atoms with van der Waals surface area (Å²) in [7, 11) is 0. The molecule has 3 aliphatic rings. The minimum Gasteiger partial charge on any atom is -0.352 e. The summed E-state index contributed by atoms with van der Waals surface area (Å²) < 4.78 is 0. The fraction of sp³-hybridized carbons (Fsp3) is 0.121. The summed E-state index contributed by atoms with van der Waals surface area (Å²) >= 11 is 6.82. The van der Waals surface area contributed by atoms with E-state index >= 15 is 0 Å². The standard InChI is InChI=1S/C33H22ClNO3/c34-25-16-8-7-15-24(25)28-29(30(36)21-11-2-1-3-12-21)35-26-17-9-4-10-20(26)18-19-27(35)33(28)31(37)22-13-5-6-14-23(22)32(33)38/h1-19,27-29H/t27-,28+,29+/m1/s1. The molecule has 0 saturated carbocycles. The monoisotopic (exact) mass is 515 g/mol. The minimum atomic E-state index is -1.55. The molecule has 1 saturated heterocycles. The molecule has 0 unspecified atom stereocenters. The SMILES string of the molecule is O=C(c1ccccc1)[C@@H]1[C@H](c2ccccc2Cl)C2(C(=O)c3ccccc3C2=O)[C@H]2C=Cc3ccccc3N12. The number of nitrogens with zero attached hydrogens (tertiary/aromatic N) is 1. The normalized spacial score (nSPS) is 22.3. The van der Waals surface area contributed by atoms with Gasteiger partial charge < -0.3 is 4.90 Å². The maximum atomic E-state index is 14.6. The molecule has 5 heteroatoms. The molecule has 0 bridgehead atoms. The van der Waals surface area contributed by atoms with E-state index < -0.39 is 23.4 Å². The average molecular weight is 516 g/mol. The van der Waals surface area contributed by atoms with E-state index in [9.17, 15) is 14.4 Å². The molecule has 1 aliphatic carbocycles. The molecule has 2 aliphatic heterocycles. The maximum Gasteiger partial charge on any atom is 0.185 e. The first-order valence-electron chi connectivity index (χ1n) is 12.6. The van der Waals surface area contributed by atoms with Gasteiger partial charge in [0.25, 0.3) is 0 Å². The number of para-hydroxylation sites is 1. The van der Waals surface area contributed by atoms with Crippen molar-refractivity contribution in [1.82, 2.24) is 0 Å². The molecule has 2 heterocycles. The second-order valence-electron chi connectivity index (χ2n) is 10.0. The lowest BCUT2D eigenvalue weighted by Gasteiger charge is -2.37. The highest BCUT2D eigenvalue weighted by Gasteiger charge is 2.71. The van der Waals surface area contributed by atoms with Crippen LogP contribution in [0.15, 0.2) is 109 Å². The number of benzene rings is 4. The van der Waals surface area contributed by atoms with Crippen LogP contribution in [-0.4, -0.2) is 29.4 Å². The van der Waals surface area contributed by atoms with Gasteiger partial charge in [-0.1, -0.05) is 115 Å². The Morgan fingerprint density at radius 1 is 0.737 bits per heavy atom. The highest BCUT2D eigenvalue weighted by molar-refractivity contribution is 6.34. The summed E-state index contributed by atoms with van der Waals surface area (Å²) in [5.41, 5.74) is 2.14. The summed E-state index contributed by atoms with van der Waals surface area (Å²) in [6, 6.07) is 29.6. The van der Waals surface area contributed by atoms with E-state index in [-0.39, 0.29) is 17.3 Å². The van der Waals surface area contributed by atoms with Gasteiger partial charge in [0.1, 0.15) is 11.5 Å². The number of carbonyl (C=O) groups is 3. The Morgan fingerprint density at radius 2 is 1.34 bits per heavy atom. The molecule has 0 N–H and O–H groups in total. The Hall–Kier alpha value is -4.28. The molecule has 7 rings (SSSR count). The maximum absolute atomic E-state index is 14.6. The summed E-state index contributed by atoms with van der Waals surface area (Å²) in [5.74, 6) is -1.48. The number of ketones is 3. The minimum absolute atomic E-state index is 0.154. The van der Waals surface area contributed by atoms with Gasteiger partial charge >= 0.3 is 0 Å². The second-order valence-corrected chi connectivity index (χ2v) is 10.4. The van der Waals surface area contributed by atoms with Crippen LogP contribution in [0.4, 0.5) is 5.69 Å². The zero-order chi connectivity index (χ0) is 26.0. The van der Waals surface area contributed by atoms with Crippen molar-refractivity contribution in [1.29, 1.82) is 0 Å². The van der Waals surface area contributed by atoms with Crippen LogP contribution in [0.5, 0.6) is 0 Å². The number of Topliss-reactive ketones (excluding diaryl/α,β-unsaturated/α-hetero) is 3. The summed E-state index contributed by atoms with van der Waals surface area (Å²) in [6.07, 6.45) is 3.88. The molecule has 4 nitrogen and oxygen atoms in total.